The van der Waals surface area contributed by atoms with Crippen LogP contribution in [0.3, 0.4) is 0 Å². The Morgan fingerprint density at radius 3 is 2.95 bits per heavy atom. The first-order valence-corrected chi connectivity index (χ1v) is 6.49. The molecule has 0 amide bonds. The minimum absolute atomic E-state index is 0.251. The van der Waals surface area contributed by atoms with E-state index < -0.39 is 0 Å². The average molecular weight is 276 g/mol. The highest BCUT2D eigenvalue weighted by Gasteiger charge is 2.19. The molecule has 0 N–H and O–H groups in total. The van der Waals surface area contributed by atoms with Crippen LogP contribution in [0.4, 0.5) is 0 Å². The Hall–Kier alpha value is -1.65. The molecular weight excluding hydrogens is 262 g/mol. The Morgan fingerprint density at radius 2 is 2.21 bits per heavy atom. The largest absolute Gasteiger partial charge is 0.321 e. The molecule has 98 valence electrons. The standard InChI is InChI=1S/C14H14ClN3O/c1-17(2)8-9-6-7-18-11-5-3-4-10(15)12(11)14(19)16-13(9)18/h3-6H,7-8H2,1-2H3. The van der Waals surface area contributed by atoms with Crippen LogP contribution in [0.1, 0.15) is 5.82 Å². The van der Waals surface area contributed by atoms with Crippen molar-refractivity contribution in [3.63, 3.8) is 0 Å². The Bertz CT molecular complexity index is 746. The molecule has 0 saturated heterocycles. The summed E-state index contributed by atoms with van der Waals surface area (Å²) in [5, 5.41) is 0.971. The summed E-state index contributed by atoms with van der Waals surface area (Å²) in [4.78, 5) is 18.4. The molecule has 4 nitrogen and oxygen atoms in total. The Morgan fingerprint density at radius 1 is 1.42 bits per heavy atom. The van der Waals surface area contributed by atoms with Crippen LogP contribution in [-0.4, -0.2) is 35.1 Å². The highest BCUT2D eigenvalue weighted by atomic mass is 35.5. The number of benzene rings is 1. The Balaban J connectivity index is 2.25. The molecule has 2 heterocycles. The third-order valence-corrected chi connectivity index (χ3v) is 3.57. The van der Waals surface area contributed by atoms with Crippen molar-refractivity contribution in [3.05, 3.63) is 45.5 Å². The highest BCUT2D eigenvalue weighted by molar-refractivity contribution is 6.35. The molecular formula is C14H14ClN3O. The minimum atomic E-state index is -0.251. The summed E-state index contributed by atoms with van der Waals surface area (Å²) in [5.41, 5.74) is 1.69. The van der Waals surface area contributed by atoms with Gasteiger partial charge in [-0.3, -0.25) is 4.79 Å². The molecule has 1 aromatic heterocycles. The van der Waals surface area contributed by atoms with Gasteiger partial charge in [-0.1, -0.05) is 23.7 Å². The molecule has 1 aliphatic rings. The van der Waals surface area contributed by atoms with E-state index in [9.17, 15) is 4.79 Å². The average Bonchev–Trinajstić information content (AvgIpc) is 2.72. The summed E-state index contributed by atoms with van der Waals surface area (Å²) in [5.74, 6) is 0.758. The van der Waals surface area contributed by atoms with Crippen LogP contribution >= 0.6 is 11.6 Å². The van der Waals surface area contributed by atoms with Gasteiger partial charge in [-0.15, -0.1) is 0 Å². The first-order valence-electron chi connectivity index (χ1n) is 6.11. The van der Waals surface area contributed by atoms with Crippen LogP contribution in [0.2, 0.25) is 5.02 Å². The van der Waals surface area contributed by atoms with Crippen LogP contribution in [0.15, 0.2) is 29.1 Å². The third kappa shape index (κ3) is 1.97. The fourth-order valence-electron chi connectivity index (χ4n) is 2.47. The van der Waals surface area contributed by atoms with Gasteiger partial charge in [-0.25, -0.2) is 0 Å². The van der Waals surface area contributed by atoms with Crippen LogP contribution in [0.25, 0.3) is 16.5 Å². The van der Waals surface area contributed by atoms with E-state index in [1.165, 1.54) is 0 Å². The van der Waals surface area contributed by atoms with Gasteiger partial charge in [0.05, 0.1) is 15.9 Å². The lowest BCUT2D eigenvalue weighted by Crippen LogP contribution is -2.19. The van der Waals surface area contributed by atoms with Gasteiger partial charge in [0, 0.05) is 18.7 Å². The second-order valence-electron chi connectivity index (χ2n) is 4.95. The van der Waals surface area contributed by atoms with Gasteiger partial charge in [0.2, 0.25) is 0 Å². The van der Waals surface area contributed by atoms with Gasteiger partial charge in [0.1, 0.15) is 5.82 Å². The molecule has 0 unspecified atom stereocenters. The van der Waals surface area contributed by atoms with Crippen molar-refractivity contribution in [1.29, 1.82) is 0 Å². The van der Waals surface area contributed by atoms with Crippen molar-refractivity contribution >= 4 is 28.1 Å². The third-order valence-electron chi connectivity index (χ3n) is 3.25. The summed E-state index contributed by atoms with van der Waals surface area (Å²) in [6.45, 7) is 1.52. The van der Waals surface area contributed by atoms with Crippen molar-refractivity contribution < 1.29 is 0 Å². The molecule has 0 aliphatic carbocycles. The maximum atomic E-state index is 12.1. The molecule has 0 fully saturated rings. The van der Waals surface area contributed by atoms with Gasteiger partial charge in [-0.05, 0) is 26.2 Å². The predicted octanol–water partition coefficient (Wildman–Crippen LogP) is 2.01. The molecule has 0 atom stereocenters. The first kappa shape index (κ1) is 12.4. The van der Waals surface area contributed by atoms with Crippen molar-refractivity contribution in [1.82, 2.24) is 14.5 Å². The van der Waals surface area contributed by atoms with E-state index in [4.69, 9.17) is 11.6 Å². The summed E-state index contributed by atoms with van der Waals surface area (Å²) >= 11 is 6.11. The number of rotatable bonds is 2. The summed E-state index contributed by atoms with van der Waals surface area (Å²) < 4.78 is 2.04. The lowest BCUT2D eigenvalue weighted by Gasteiger charge is -2.13. The predicted molar refractivity (Wildman–Crippen MR) is 77.5 cm³/mol. The zero-order chi connectivity index (χ0) is 13.6. The van der Waals surface area contributed by atoms with Gasteiger partial charge >= 0.3 is 0 Å². The lowest BCUT2D eigenvalue weighted by atomic mass is 10.2. The monoisotopic (exact) mass is 275 g/mol. The zero-order valence-electron chi connectivity index (χ0n) is 10.9. The van der Waals surface area contributed by atoms with Gasteiger partial charge in [0.15, 0.2) is 0 Å². The normalized spacial score (nSPS) is 14.0. The molecule has 1 aromatic carbocycles. The second-order valence-corrected chi connectivity index (χ2v) is 5.36. The van der Waals surface area contributed by atoms with Gasteiger partial charge < -0.3 is 9.47 Å². The van der Waals surface area contributed by atoms with Crippen LogP contribution < -0.4 is 5.56 Å². The SMILES string of the molecule is CN(C)CC1=CCn2c1nc(=O)c1c(Cl)cccc12. The van der Waals surface area contributed by atoms with Crippen molar-refractivity contribution in [2.75, 3.05) is 20.6 Å². The quantitative estimate of drug-likeness (QED) is 0.841. The fourth-order valence-corrected chi connectivity index (χ4v) is 2.73. The van der Waals surface area contributed by atoms with Crippen LogP contribution in [0.5, 0.6) is 0 Å². The molecule has 0 bridgehead atoms. The van der Waals surface area contributed by atoms with E-state index in [-0.39, 0.29) is 5.56 Å². The highest BCUT2D eigenvalue weighted by Crippen LogP contribution is 2.26. The number of fused-ring (bicyclic) bond motifs is 3. The Kier molecular flexibility index (Phi) is 2.92. The van der Waals surface area contributed by atoms with E-state index >= 15 is 0 Å². The van der Waals surface area contributed by atoms with Crippen LogP contribution in [-0.2, 0) is 6.54 Å². The molecule has 19 heavy (non-hydrogen) atoms. The summed E-state index contributed by atoms with van der Waals surface area (Å²) in [6.07, 6.45) is 2.11. The summed E-state index contributed by atoms with van der Waals surface area (Å²) in [7, 11) is 4.00. The number of aromatic nitrogens is 2. The zero-order valence-corrected chi connectivity index (χ0v) is 11.6. The van der Waals surface area contributed by atoms with Crippen molar-refractivity contribution in [3.8, 4) is 0 Å². The van der Waals surface area contributed by atoms with E-state index in [2.05, 4.69) is 16.0 Å². The van der Waals surface area contributed by atoms with E-state index in [1.54, 1.807) is 6.07 Å². The van der Waals surface area contributed by atoms with E-state index in [0.29, 0.717) is 10.4 Å². The molecule has 0 saturated carbocycles. The topological polar surface area (TPSA) is 38.1 Å². The van der Waals surface area contributed by atoms with E-state index in [1.807, 2.05) is 30.8 Å². The van der Waals surface area contributed by atoms with Crippen LogP contribution in [0, 0.1) is 0 Å². The number of likely N-dealkylation sites (N-methyl/N-ethyl adjacent to an activating group) is 1. The number of hydrogen-bond acceptors (Lipinski definition) is 3. The fraction of sp³-hybridized carbons (Fsp3) is 0.286. The summed E-state index contributed by atoms with van der Waals surface area (Å²) in [6, 6.07) is 5.50. The molecule has 1 aliphatic heterocycles. The number of allylic oxidation sites excluding steroid dienone is 1. The minimum Gasteiger partial charge on any atom is -0.321 e. The maximum Gasteiger partial charge on any atom is 0.282 e. The molecule has 5 heteroatoms. The number of hydrogen-bond donors (Lipinski definition) is 0. The smallest absolute Gasteiger partial charge is 0.282 e. The van der Waals surface area contributed by atoms with Gasteiger partial charge in [0.25, 0.3) is 5.56 Å². The van der Waals surface area contributed by atoms with Crippen molar-refractivity contribution in [2.24, 2.45) is 0 Å². The maximum absolute atomic E-state index is 12.1. The lowest BCUT2D eigenvalue weighted by molar-refractivity contribution is 0.462. The van der Waals surface area contributed by atoms with E-state index in [0.717, 1.165) is 30.0 Å². The second kappa shape index (κ2) is 4.47. The van der Waals surface area contributed by atoms with Gasteiger partial charge in [-0.2, -0.15) is 4.98 Å². The number of halogens is 1. The molecule has 0 radical (unpaired) electrons. The molecule has 0 spiro atoms. The Labute approximate surface area is 115 Å². The van der Waals surface area contributed by atoms with Crippen molar-refractivity contribution in [2.45, 2.75) is 6.54 Å². The molecule has 3 rings (SSSR count). The first-order chi connectivity index (χ1) is 9.08. The molecule has 2 aromatic rings. The number of nitrogens with zero attached hydrogens (tertiary/aromatic N) is 3.